The van der Waals surface area contributed by atoms with Crippen molar-refractivity contribution in [2.24, 2.45) is 4.99 Å². The lowest BCUT2D eigenvalue weighted by atomic mass is 10.2. The molecular weight excluding hydrogens is 326 g/mol. The number of ether oxygens (including phenoxy) is 2. The first-order valence-electron chi connectivity index (χ1n) is 8.46. The highest BCUT2D eigenvalue weighted by Crippen LogP contribution is 2.11. The van der Waals surface area contributed by atoms with Crippen LogP contribution in [0.2, 0.25) is 0 Å². The van der Waals surface area contributed by atoms with Gasteiger partial charge in [0.15, 0.2) is 5.96 Å². The van der Waals surface area contributed by atoms with Crippen molar-refractivity contribution in [1.29, 1.82) is 0 Å². The van der Waals surface area contributed by atoms with Crippen LogP contribution < -0.4 is 16.0 Å². The van der Waals surface area contributed by atoms with E-state index >= 15 is 0 Å². The van der Waals surface area contributed by atoms with Crippen LogP contribution >= 0.6 is 0 Å². The van der Waals surface area contributed by atoms with Crippen molar-refractivity contribution < 1.29 is 19.1 Å². The van der Waals surface area contributed by atoms with Crippen LogP contribution in [0.3, 0.4) is 0 Å². The highest BCUT2D eigenvalue weighted by molar-refractivity contribution is 5.86. The molecule has 1 unspecified atom stereocenters. The minimum atomic E-state index is -0.518. The van der Waals surface area contributed by atoms with Crippen LogP contribution in [0.4, 0.5) is 4.79 Å². The van der Waals surface area contributed by atoms with Crippen LogP contribution in [0.5, 0.6) is 0 Å². The molecule has 1 heterocycles. The van der Waals surface area contributed by atoms with Gasteiger partial charge in [0.2, 0.25) is 5.91 Å². The maximum atomic E-state index is 11.8. The van der Waals surface area contributed by atoms with Crippen molar-refractivity contribution in [3.8, 4) is 0 Å². The standard InChI is InChI=1S/C16H31N5O4/c1-16(2,3)25-15(23)20-12-6-8-21(11-12)14(17-4)19-10-13(22)18-7-9-24-5/h12H,6-11H2,1-5H3,(H,17,19)(H,18,22)(H,20,23). The molecule has 0 aromatic rings. The zero-order valence-electron chi connectivity index (χ0n) is 15.8. The van der Waals surface area contributed by atoms with Crippen LogP contribution in [0.1, 0.15) is 27.2 Å². The Hall–Kier alpha value is -2.03. The van der Waals surface area contributed by atoms with E-state index in [1.165, 1.54) is 0 Å². The number of rotatable bonds is 6. The molecule has 1 atom stereocenters. The largest absolute Gasteiger partial charge is 0.444 e. The van der Waals surface area contributed by atoms with Gasteiger partial charge in [0.25, 0.3) is 0 Å². The number of carbonyl (C=O) groups is 2. The number of nitrogens with zero attached hydrogens (tertiary/aromatic N) is 2. The highest BCUT2D eigenvalue weighted by Gasteiger charge is 2.27. The van der Waals surface area contributed by atoms with E-state index in [-0.39, 0.29) is 18.5 Å². The molecule has 0 saturated carbocycles. The monoisotopic (exact) mass is 357 g/mol. The topological polar surface area (TPSA) is 104 Å². The quantitative estimate of drug-likeness (QED) is 0.349. The Balaban J connectivity index is 2.37. The van der Waals surface area contributed by atoms with Crippen molar-refractivity contribution in [3.63, 3.8) is 0 Å². The molecule has 0 spiro atoms. The molecule has 0 aliphatic carbocycles. The lowest BCUT2D eigenvalue weighted by Crippen LogP contribution is -2.46. The molecule has 0 radical (unpaired) electrons. The van der Waals surface area contributed by atoms with Gasteiger partial charge in [0, 0.05) is 33.8 Å². The first-order valence-corrected chi connectivity index (χ1v) is 8.46. The number of amides is 2. The molecule has 0 bridgehead atoms. The second-order valence-electron chi connectivity index (χ2n) is 6.82. The average Bonchev–Trinajstić information content (AvgIpc) is 2.94. The Morgan fingerprint density at radius 3 is 2.60 bits per heavy atom. The third-order valence-corrected chi connectivity index (χ3v) is 3.46. The predicted octanol–water partition coefficient (Wildman–Crippen LogP) is -0.0766. The van der Waals surface area contributed by atoms with Crippen molar-refractivity contribution in [1.82, 2.24) is 20.9 Å². The Labute approximate surface area is 149 Å². The van der Waals surface area contributed by atoms with E-state index in [1.807, 2.05) is 25.7 Å². The molecule has 0 aromatic heterocycles. The maximum Gasteiger partial charge on any atom is 0.407 e. The lowest BCUT2D eigenvalue weighted by Gasteiger charge is -2.23. The summed E-state index contributed by atoms with van der Waals surface area (Å²) >= 11 is 0. The molecule has 9 nitrogen and oxygen atoms in total. The number of hydrogen-bond acceptors (Lipinski definition) is 5. The molecular formula is C16H31N5O4. The molecule has 144 valence electrons. The van der Waals surface area contributed by atoms with Gasteiger partial charge in [-0.15, -0.1) is 0 Å². The summed E-state index contributed by atoms with van der Waals surface area (Å²) in [7, 11) is 3.25. The van der Waals surface area contributed by atoms with E-state index in [2.05, 4.69) is 20.9 Å². The van der Waals surface area contributed by atoms with Crippen molar-refractivity contribution in [2.75, 3.05) is 46.9 Å². The first-order chi connectivity index (χ1) is 11.7. The summed E-state index contributed by atoms with van der Waals surface area (Å²) in [5, 5.41) is 8.63. The van der Waals surface area contributed by atoms with Crippen molar-refractivity contribution in [2.45, 2.75) is 38.8 Å². The van der Waals surface area contributed by atoms with Crippen LogP contribution in [0.15, 0.2) is 4.99 Å². The lowest BCUT2D eigenvalue weighted by molar-refractivity contribution is -0.120. The normalized spacial score (nSPS) is 18.0. The number of alkyl carbamates (subject to hydrolysis) is 1. The van der Waals surface area contributed by atoms with Gasteiger partial charge in [-0.1, -0.05) is 0 Å². The molecule has 1 saturated heterocycles. The zero-order chi connectivity index (χ0) is 18.9. The molecule has 0 aromatic carbocycles. The third kappa shape index (κ3) is 8.57. The summed E-state index contributed by atoms with van der Waals surface area (Å²) < 4.78 is 10.2. The van der Waals surface area contributed by atoms with E-state index in [0.29, 0.717) is 25.7 Å². The van der Waals surface area contributed by atoms with Gasteiger partial charge >= 0.3 is 6.09 Å². The minimum Gasteiger partial charge on any atom is -0.444 e. The van der Waals surface area contributed by atoms with Crippen LogP contribution in [0, 0.1) is 0 Å². The number of likely N-dealkylation sites (tertiary alicyclic amines) is 1. The van der Waals surface area contributed by atoms with E-state index in [1.54, 1.807) is 14.2 Å². The van der Waals surface area contributed by atoms with E-state index < -0.39 is 11.7 Å². The Morgan fingerprint density at radius 2 is 2.00 bits per heavy atom. The summed E-state index contributed by atoms with van der Waals surface area (Å²) in [5.41, 5.74) is -0.518. The molecule has 9 heteroatoms. The van der Waals surface area contributed by atoms with Crippen molar-refractivity contribution >= 4 is 18.0 Å². The summed E-state index contributed by atoms with van der Waals surface area (Å²) in [4.78, 5) is 29.8. The summed E-state index contributed by atoms with van der Waals surface area (Å²) in [6, 6.07) is -0.0103. The molecule has 1 rings (SSSR count). The van der Waals surface area contributed by atoms with Crippen LogP contribution in [0.25, 0.3) is 0 Å². The fraction of sp³-hybridized carbons (Fsp3) is 0.812. The van der Waals surface area contributed by atoms with Crippen molar-refractivity contribution in [3.05, 3.63) is 0 Å². The summed E-state index contributed by atoms with van der Waals surface area (Å²) in [6.07, 6.45) is 0.375. The molecule has 1 aliphatic heterocycles. The smallest absolute Gasteiger partial charge is 0.407 e. The Morgan fingerprint density at radius 1 is 1.28 bits per heavy atom. The predicted molar refractivity (Wildman–Crippen MR) is 95.6 cm³/mol. The second-order valence-corrected chi connectivity index (χ2v) is 6.82. The van der Waals surface area contributed by atoms with E-state index in [4.69, 9.17) is 9.47 Å². The Bertz CT molecular complexity index is 476. The summed E-state index contributed by atoms with van der Waals surface area (Å²) in [6.45, 7) is 7.93. The van der Waals surface area contributed by atoms with Gasteiger partial charge < -0.3 is 30.3 Å². The van der Waals surface area contributed by atoms with Gasteiger partial charge in [-0.25, -0.2) is 4.79 Å². The number of carbonyl (C=O) groups excluding carboxylic acids is 2. The third-order valence-electron chi connectivity index (χ3n) is 3.46. The van der Waals surface area contributed by atoms with E-state index in [0.717, 1.165) is 13.0 Å². The van der Waals surface area contributed by atoms with Gasteiger partial charge in [-0.2, -0.15) is 0 Å². The number of nitrogens with one attached hydrogen (secondary N) is 3. The van der Waals surface area contributed by atoms with E-state index in [9.17, 15) is 9.59 Å². The number of hydrogen-bond donors (Lipinski definition) is 3. The number of methoxy groups -OCH3 is 1. The maximum absolute atomic E-state index is 11.8. The molecule has 3 N–H and O–H groups in total. The van der Waals surface area contributed by atoms with Crippen LogP contribution in [-0.2, 0) is 14.3 Å². The molecule has 1 aliphatic rings. The molecule has 1 fully saturated rings. The summed E-state index contributed by atoms with van der Waals surface area (Å²) in [5.74, 6) is 0.510. The second kappa shape index (κ2) is 10.1. The Kier molecular flexibility index (Phi) is 8.47. The van der Waals surface area contributed by atoms with Gasteiger partial charge in [-0.3, -0.25) is 9.79 Å². The molecule has 25 heavy (non-hydrogen) atoms. The van der Waals surface area contributed by atoms with Gasteiger partial charge in [0.05, 0.1) is 19.2 Å². The first kappa shape index (κ1) is 21.0. The average molecular weight is 357 g/mol. The minimum absolute atomic E-state index is 0.0103. The fourth-order valence-corrected chi connectivity index (χ4v) is 2.39. The number of aliphatic imine (C=N–C) groups is 1. The zero-order valence-corrected chi connectivity index (χ0v) is 15.8. The fourth-order valence-electron chi connectivity index (χ4n) is 2.39. The highest BCUT2D eigenvalue weighted by atomic mass is 16.6. The number of guanidine groups is 1. The van der Waals surface area contributed by atoms with Crippen LogP contribution in [-0.4, -0.2) is 81.4 Å². The molecule has 2 amide bonds. The van der Waals surface area contributed by atoms with Gasteiger partial charge in [-0.05, 0) is 27.2 Å². The van der Waals surface area contributed by atoms with Gasteiger partial charge in [0.1, 0.15) is 5.60 Å². The SMILES string of the molecule is CN=C(NCC(=O)NCCOC)N1CCC(NC(=O)OC(C)(C)C)C1.